The second kappa shape index (κ2) is 12.8. The van der Waals surface area contributed by atoms with Crippen LogP contribution in [0.5, 0.6) is 5.75 Å². The van der Waals surface area contributed by atoms with Crippen molar-refractivity contribution in [1.82, 2.24) is 30.5 Å². The Morgan fingerprint density at radius 1 is 1.21 bits per heavy atom. The number of ether oxygens (including phenoxy) is 2. The molecule has 2 aromatic rings. The van der Waals surface area contributed by atoms with Crippen LogP contribution in [0.15, 0.2) is 24.4 Å². The molecule has 2 aliphatic heterocycles. The van der Waals surface area contributed by atoms with Crippen LogP contribution in [-0.4, -0.2) is 82.6 Å². The molecular weight excluding hydrogens is 495 g/mol. The fourth-order valence-corrected chi connectivity index (χ4v) is 4.55. The maximum atomic E-state index is 14.1. The molecule has 3 heterocycles. The van der Waals surface area contributed by atoms with Gasteiger partial charge in [-0.3, -0.25) is 14.4 Å². The fraction of sp³-hybridized carbons (Fsp3) is 0.577. The zero-order chi connectivity index (χ0) is 27.1. The molecule has 1 fully saturated rings. The first-order valence-electron chi connectivity index (χ1n) is 13.1. The van der Waals surface area contributed by atoms with Crippen LogP contribution < -0.4 is 15.4 Å². The summed E-state index contributed by atoms with van der Waals surface area (Å²) in [6, 6.07) is 2.86. The molecule has 2 bridgehead atoms. The van der Waals surface area contributed by atoms with Gasteiger partial charge >= 0.3 is 0 Å². The van der Waals surface area contributed by atoms with Crippen LogP contribution >= 0.6 is 0 Å². The van der Waals surface area contributed by atoms with Crippen molar-refractivity contribution in [3.05, 3.63) is 41.5 Å². The molecule has 4 rings (SSSR count). The Morgan fingerprint density at radius 3 is 2.82 bits per heavy atom. The first-order chi connectivity index (χ1) is 18.3. The van der Waals surface area contributed by atoms with Gasteiger partial charge in [-0.1, -0.05) is 19.1 Å². The van der Waals surface area contributed by atoms with Crippen LogP contribution in [0.25, 0.3) is 0 Å². The molecule has 0 radical (unpaired) electrons. The lowest BCUT2D eigenvalue weighted by molar-refractivity contribution is -0.141. The minimum atomic E-state index is -0.843. The smallest absolute Gasteiger partial charge is 0.255 e. The Morgan fingerprint density at radius 2 is 2.05 bits per heavy atom. The van der Waals surface area contributed by atoms with Crippen molar-refractivity contribution >= 4 is 17.7 Å². The highest BCUT2D eigenvalue weighted by molar-refractivity contribution is 5.99. The van der Waals surface area contributed by atoms with E-state index in [4.69, 9.17) is 9.47 Å². The van der Waals surface area contributed by atoms with E-state index in [1.807, 2.05) is 13.8 Å². The van der Waals surface area contributed by atoms with Gasteiger partial charge in [-0.15, -0.1) is 5.10 Å². The minimum absolute atomic E-state index is 0.000266. The molecule has 3 amide bonds. The molecular formula is C26H35FN6O5. The number of benzene rings is 1. The van der Waals surface area contributed by atoms with Gasteiger partial charge in [0.15, 0.2) is 0 Å². The lowest BCUT2D eigenvalue weighted by Gasteiger charge is -2.26. The number of halogens is 1. The first kappa shape index (κ1) is 27.5. The number of carbonyl (C=O) groups excluding carboxylic acids is 3. The van der Waals surface area contributed by atoms with E-state index in [-0.39, 0.29) is 48.7 Å². The van der Waals surface area contributed by atoms with Gasteiger partial charge in [0.2, 0.25) is 5.91 Å². The van der Waals surface area contributed by atoms with E-state index in [1.54, 1.807) is 15.8 Å². The summed E-state index contributed by atoms with van der Waals surface area (Å²) in [6.07, 6.45) is 3.67. The molecule has 0 saturated carbocycles. The van der Waals surface area contributed by atoms with E-state index in [0.29, 0.717) is 44.7 Å². The standard InChI is InChI=1S/C26H35FN6O5/c1-17(2)14-21-25(35)28-8-10-32(26(36)23-4-3-12-37-23)9-7-19-16-33(31-30-19)11-13-38-22-6-5-18(27)15-20(22)24(34)29-21/h5-6,15-17,21,23H,3-4,7-14H2,1-2H3,(H,28,35)(H,29,34)/t21-,23-/m1/s1. The molecule has 0 spiro atoms. The Kier molecular flexibility index (Phi) is 9.27. The number of rotatable bonds is 3. The number of aromatic nitrogens is 3. The quantitative estimate of drug-likeness (QED) is 0.613. The largest absolute Gasteiger partial charge is 0.491 e. The molecule has 38 heavy (non-hydrogen) atoms. The van der Waals surface area contributed by atoms with E-state index in [0.717, 1.165) is 12.5 Å². The van der Waals surface area contributed by atoms with Crippen molar-refractivity contribution in [2.75, 3.05) is 32.8 Å². The van der Waals surface area contributed by atoms with Crippen molar-refractivity contribution in [3.8, 4) is 5.75 Å². The number of carbonyl (C=O) groups is 3. The first-order valence-corrected chi connectivity index (χ1v) is 13.1. The molecule has 1 aromatic heterocycles. The lowest BCUT2D eigenvalue weighted by Crippen LogP contribution is -2.50. The highest BCUT2D eigenvalue weighted by atomic mass is 19.1. The van der Waals surface area contributed by atoms with E-state index in [9.17, 15) is 18.8 Å². The summed E-state index contributed by atoms with van der Waals surface area (Å²) in [7, 11) is 0. The monoisotopic (exact) mass is 530 g/mol. The Hall–Kier alpha value is -3.54. The third-order valence-corrected chi connectivity index (χ3v) is 6.51. The third kappa shape index (κ3) is 7.27. The average molecular weight is 531 g/mol. The zero-order valence-electron chi connectivity index (χ0n) is 21.8. The number of nitrogens with zero attached hydrogens (tertiary/aromatic N) is 4. The van der Waals surface area contributed by atoms with Gasteiger partial charge in [-0.2, -0.15) is 0 Å². The van der Waals surface area contributed by atoms with Gasteiger partial charge in [-0.05, 0) is 43.4 Å². The zero-order valence-corrected chi connectivity index (χ0v) is 21.8. The van der Waals surface area contributed by atoms with Crippen molar-refractivity contribution < 1.29 is 28.2 Å². The number of amides is 3. The van der Waals surface area contributed by atoms with Gasteiger partial charge in [0.1, 0.15) is 30.3 Å². The van der Waals surface area contributed by atoms with Gasteiger partial charge < -0.3 is 25.0 Å². The summed E-state index contributed by atoms with van der Waals surface area (Å²) in [5.74, 6) is -1.38. The molecule has 0 aliphatic carbocycles. The van der Waals surface area contributed by atoms with Crippen LogP contribution in [0.1, 0.15) is 49.2 Å². The van der Waals surface area contributed by atoms with Gasteiger partial charge in [0, 0.05) is 38.9 Å². The van der Waals surface area contributed by atoms with Gasteiger partial charge in [0.25, 0.3) is 11.8 Å². The van der Waals surface area contributed by atoms with E-state index < -0.39 is 23.9 Å². The van der Waals surface area contributed by atoms with E-state index in [2.05, 4.69) is 20.9 Å². The number of nitrogens with one attached hydrogen (secondary N) is 2. The van der Waals surface area contributed by atoms with Gasteiger partial charge in [0.05, 0.1) is 17.8 Å². The average Bonchev–Trinajstić information content (AvgIpc) is 3.58. The van der Waals surface area contributed by atoms with E-state index in [1.165, 1.54) is 12.1 Å². The SMILES string of the molecule is CC(C)C[C@H]1NC(=O)c2cc(F)ccc2OCCn2cc(nn2)CCN(C(=O)[C@H]2CCCO2)CCNC1=O. The Balaban J connectivity index is 1.56. The summed E-state index contributed by atoms with van der Waals surface area (Å²) in [6.45, 7) is 5.83. The minimum Gasteiger partial charge on any atom is -0.491 e. The number of fused-ring (bicyclic) bond motifs is 3. The summed E-state index contributed by atoms with van der Waals surface area (Å²) < 4.78 is 27.1. The lowest BCUT2D eigenvalue weighted by atomic mass is 10.0. The highest BCUT2D eigenvalue weighted by Crippen LogP contribution is 2.21. The predicted molar refractivity (Wildman–Crippen MR) is 135 cm³/mol. The highest BCUT2D eigenvalue weighted by Gasteiger charge is 2.29. The third-order valence-electron chi connectivity index (χ3n) is 6.51. The number of hydrogen-bond donors (Lipinski definition) is 2. The normalized spacial score (nSPS) is 21.6. The second-order valence-corrected chi connectivity index (χ2v) is 9.99. The molecule has 11 nitrogen and oxygen atoms in total. The van der Waals surface area contributed by atoms with Crippen LogP contribution in [0, 0.1) is 11.7 Å². The summed E-state index contributed by atoms with van der Waals surface area (Å²) in [5, 5.41) is 13.9. The van der Waals surface area contributed by atoms with Crippen molar-refractivity contribution in [1.29, 1.82) is 0 Å². The summed E-state index contributed by atoms with van der Waals surface area (Å²) in [5.41, 5.74) is 0.708. The van der Waals surface area contributed by atoms with Crippen LogP contribution in [0.3, 0.4) is 0 Å². The molecule has 2 N–H and O–H groups in total. The van der Waals surface area contributed by atoms with Crippen LogP contribution in [0.4, 0.5) is 4.39 Å². The molecule has 12 heteroatoms. The second-order valence-electron chi connectivity index (χ2n) is 9.99. The maximum Gasteiger partial charge on any atom is 0.255 e. The molecule has 2 aliphatic rings. The Bertz CT molecular complexity index is 1130. The van der Waals surface area contributed by atoms with Crippen molar-refractivity contribution in [3.63, 3.8) is 0 Å². The van der Waals surface area contributed by atoms with E-state index >= 15 is 0 Å². The summed E-state index contributed by atoms with van der Waals surface area (Å²) in [4.78, 5) is 41.0. The fourth-order valence-electron chi connectivity index (χ4n) is 4.55. The van der Waals surface area contributed by atoms with Gasteiger partial charge in [-0.25, -0.2) is 9.07 Å². The predicted octanol–water partition coefficient (Wildman–Crippen LogP) is 1.32. The molecule has 206 valence electrons. The summed E-state index contributed by atoms with van der Waals surface area (Å²) >= 11 is 0. The topological polar surface area (TPSA) is 128 Å². The molecule has 2 atom stereocenters. The number of hydrogen-bond acceptors (Lipinski definition) is 7. The molecule has 1 saturated heterocycles. The van der Waals surface area contributed by atoms with Crippen molar-refractivity contribution in [2.45, 2.75) is 58.2 Å². The maximum absolute atomic E-state index is 14.1. The van der Waals surface area contributed by atoms with Crippen LogP contribution in [-0.2, 0) is 27.3 Å². The van der Waals surface area contributed by atoms with Crippen LogP contribution in [0.2, 0.25) is 0 Å². The molecule has 0 unspecified atom stereocenters. The molecule has 1 aromatic carbocycles. The Labute approximate surface area is 221 Å². The van der Waals surface area contributed by atoms with Crippen molar-refractivity contribution in [2.24, 2.45) is 5.92 Å².